The van der Waals surface area contributed by atoms with Gasteiger partial charge in [-0.2, -0.15) is 4.31 Å². The molecule has 1 heterocycles. The van der Waals surface area contributed by atoms with Gasteiger partial charge < -0.3 is 10.6 Å². The number of likely N-dealkylation sites (N-methyl/N-ethyl adjacent to an activating group) is 1. The number of thiocarbonyl (C=S) groups is 1. The number of benzene rings is 1. The summed E-state index contributed by atoms with van der Waals surface area (Å²) < 4.78 is 26.4. The first-order valence-electron chi connectivity index (χ1n) is 6.00. The highest BCUT2D eigenvalue weighted by atomic mass is 32.2. The van der Waals surface area contributed by atoms with E-state index in [0.717, 1.165) is 13.1 Å². The lowest BCUT2D eigenvalue weighted by atomic mass is 10.2. The van der Waals surface area contributed by atoms with Crippen LogP contribution in [0.2, 0.25) is 0 Å². The Morgan fingerprint density at radius 1 is 1.16 bits per heavy atom. The van der Waals surface area contributed by atoms with E-state index in [9.17, 15) is 8.42 Å². The van der Waals surface area contributed by atoms with Gasteiger partial charge in [-0.15, -0.1) is 0 Å². The van der Waals surface area contributed by atoms with E-state index >= 15 is 0 Å². The maximum Gasteiger partial charge on any atom is 0.243 e. The van der Waals surface area contributed by atoms with Gasteiger partial charge >= 0.3 is 0 Å². The van der Waals surface area contributed by atoms with Crippen LogP contribution in [-0.4, -0.2) is 55.8 Å². The van der Waals surface area contributed by atoms with Crippen LogP contribution in [0.25, 0.3) is 0 Å². The molecule has 0 radical (unpaired) electrons. The molecule has 0 amide bonds. The molecule has 104 valence electrons. The van der Waals surface area contributed by atoms with Gasteiger partial charge in [0.25, 0.3) is 0 Å². The lowest BCUT2D eigenvalue weighted by molar-refractivity contribution is 0.222. The molecule has 1 fully saturated rings. The zero-order valence-electron chi connectivity index (χ0n) is 10.7. The number of hydrogen-bond donors (Lipinski definition) is 1. The Kier molecular flexibility index (Phi) is 4.19. The monoisotopic (exact) mass is 299 g/mol. The first-order chi connectivity index (χ1) is 8.91. The van der Waals surface area contributed by atoms with Crippen LogP contribution in [0.15, 0.2) is 29.2 Å². The zero-order chi connectivity index (χ0) is 14.0. The highest BCUT2D eigenvalue weighted by Crippen LogP contribution is 2.17. The summed E-state index contributed by atoms with van der Waals surface area (Å²) in [7, 11) is -1.42. The molecule has 0 atom stereocenters. The summed E-state index contributed by atoms with van der Waals surface area (Å²) in [6.45, 7) is 2.56. The Morgan fingerprint density at radius 3 is 2.16 bits per heavy atom. The van der Waals surface area contributed by atoms with Gasteiger partial charge in [0.2, 0.25) is 10.0 Å². The smallest absolute Gasteiger partial charge is 0.243 e. The van der Waals surface area contributed by atoms with Crippen molar-refractivity contribution >= 4 is 27.2 Å². The molecule has 1 saturated heterocycles. The summed E-state index contributed by atoms with van der Waals surface area (Å²) in [6, 6.07) is 6.40. The van der Waals surface area contributed by atoms with Crippen molar-refractivity contribution in [1.29, 1.82) is 0 Å². The number of nitrogens with zero attached hydrogens (tertiary/aromatic N) is 2. The minimum absolute atomic E-state index is 0.267. The standard InChI is InChI=1S/C12H17N3O2S2/c1-14-6-8-15(9-7-14)19(16,17)11-4-2-10(3-5-11)12(13)18/h2-5H,6-9H2,1H3,(H2,13,18). The second-order valence-electron chi connectivity index (χ2n) is 4.60. The predicted octanol–water partition coefficient (Wildman–Crippen LogP) is 0.257. The van der Waals surface area contributed by atoms with Crippen molar-refractivity contribution in [3.05, 3.63) is 29.8 Å². The topological polar surface area (TPSA) is 66.6 Å². The Labute approximate surface area is 119 Å². The van der Waals surface area contributed by atoms with Crippen LogP contribution in [0.5, 0.6) is 0 Å². The van der Waals surface area contributed by atoms with Crippen molar-refractivity contribution in [2.24, 2.45) is 5.73 Å². The SMILES string of the molecule is CN1CCN(S(=O)(=O)c2ccc(C(N)=S)cc2)CC1. The van der Waals surface area contributed by atoms with E-state index in [2.05, 4.69) is 4.90 Å². The van der Waals surface area contributed by atoms with E-state index in [0.29, 0.717) is 18.7 Å². The van der Waals surface area contributed by atoms with Gasteiger partial charge in [0.05, 0.1) is 4.90 Å². The van der Waals surface area contributed by atoms with Crippen molar-refractivity contribution in [3.63, 3.8) is 0 Å². The van der Waals surface area contributed by atoms with Gasteiger partial charge in [0, 0.05) is 31.7 Å². The van der Waals surface area contributed by atoms with Gasteiger partial charge in [-0.05, 0) is 19.2 Å². The summed E-state index contributed by atoms with van der Waals surface area (Å²) in [5.74, 6) is 0. The fourth-order valence-electron chi connectivity index (χ4n) is 1.97. The fraction of sp³-hybridized carbons (Fsp3) is 0.417. The predicted molar refractivity (Wildman–Crippen MR) is 78.6 cm³/mol. The summed E-state index contributed by atoms with van der Waals surface area (Å²) in [5, 5.41) is 0. The van der Waals surface area contributed by atoms with Crippen LogP contribution < -0.4 is 5.73 Å². The van der Waals surface area contributed by atoms with Gasteiger partial charge in [-0.1, -0.05) is 24.4 Å². The maximum atomic E-state index is 12.4. The Morgan fingerprint density at radius 2 is 1.68 bits per heavy atom. The van der Waals surface area contributed by atoms with Crippen LogP contribution in [0, 0.1) is 0 Å². The number of piperazine rings is 1. The average Bonchev–Trinajstić information content (AvgIpc) is 2.39. The molecule has 0 bridgehead atoms. The van der Waals surface area contributed by atoms with Gasteiger partial charge in [0.1, 0.15) is 4.99 Å². The van der Waals surface area contributed by atoms with Crippen molar-refractivity contribution in [3.8, 4) is 0 Å². The molecule has 1 aliphatic rings. The summed E-state index contributed by atoms with van der Waals surface area (Å²) in [4.78, 5) is 2.67. The number of sulfonamides is 1. The Hall–Kier alpha value is -1.02. The van der Waals surface area contributed by atoms with Crippen LogP contribution in [0.1, 0.15) is 5.56 Å². The third-order valence-electron chi connectivity index (χ3n) is 3.24. The molecule has 5 nitrogen and oxygen atoms in total. The van der Waals surface area contributed by atoms with Gasteiger partial charge in [-0.3, -0.25) is 0 Å². The fourth-order valence-corrected chi connectivity index (χ4v) is 3.53. The minimum Gasteiger partial charge on any atom is -0.389 e. The van der Waals surface area contributed by atoms with Crippen LogP contribution >= 0.6 is 12.2 Å². The molecule has 2 N–H and O–H groups in total. The van der Waals surface area contributed by atoms with E-state index < -0.39 is 10.0 Å². The number of rotatable bonds is 3. The second kappa shape index (κ2) is 5.54. The van der Waals surface area contributed by atoms with Crippen molar-refractivity contribution in [2.75, 3.05) is 33.2 Å². The normalized spacial score (nSPS) is 18.4. The lowest BCUT2D eigenvalue weighted by Crippen LogP contribution is -2.47. The molecule has 0 aromatic heterocycles. The molecular formula is C12H17N3O2S2. The average molecular weight is 299 g/mol. The van der Waals surface area contributed by atoms with E-state index in [-0.39, 0.29) is 9.88 Å². The number of nitrogens with two attached hydrogens (primary N) is 1. The van der Waals surface area contributed by atoms with Crippen molar-refractivity contribution in [1.82, 2.24) is 9.21 Å². The highest BCUT2D eigenvalue weighted by Gasteiger charge is 2.27. The molecule has 0 aliphatic carbocycles. The van der Waals surface area contributed by atoms with E-state index in [1.54, 1.807) is 24.3 Å². The minimum atomic E-state index is -3.41. The quantitative estimate of drug-likeness (QED) is 0.811. The first kappa shape index (κ1) is 14.4. The first-order valence-corrected chi connectivity index (χ1v) is 7.84. The van der Waals surface area contributed by atoms with Gasteiger partial charge in [-0.25, -0.2) is 8.42 Å². The maximum absolute atomic E-state index is 12.4. The third-order valence-corrected chi connectivity index (χ3v) is 5.39. The van der Waals surface area contributed by atoms with Crippen molar-refractivity contribution in [2.45, 2.75) is 4.90 Å². The molecule has 0 spiro atoms. The molecule has 2 rings (SSSR count). The lowest BCUT2D eigenvalue weighted by Gasteiger charge is -2.31. The summed E-state index contributed by atoms with van der Waals surface area (Å²) in [5.41, 5.74) is 6.17. The second-order valence-corrected chi connectivity index (χ2v) is 6.97. The Balaban J connectivity index is 2.22. The largest absolute Gasteiger partial charge is 0.389 e. The number of hydrogen-bond acceptors (Lipinski definition) is 4. The van der Waals surface area contributed by atoms with Crippen LogP contribution in [-0.2, 0) is 10.0 Å². The summed E-state index contributed by atoms with van der Waals surface area (Å²) >= 11 is 4.85. The summed E-state index contributed by atoms with van der Waals surface area (Å²) in [6.07, 6.45) is 0. The highest BCUT2D eigenvalue weighted by molar-refractivity contribution is 7.89. The van der Waals surface area contributed by atoms with E-state index in [1.165, 1.54) is 4.31 Å². The molecule has 0 saturated carbocycles. The molecule has 1 aliphatic heterocycles. The van der Waals surface area contributed by atoms with E-state index in [4.69, 9.17) is 18.0 Å². The molecule has 7 heteroatoms. The third kappa shape index (κ3) is 3.11. The molecule has 1 aromatic carbocycles. The van der Waals surface area contributed by atoms with Gasteiger partial charge in [0.15, 0.2) is 0 Å². The van der Waals surface area contributed by atoms with E-state index in [1.807, 2.05) is 7.05 Å². The van der Waals surface area contributed by atoms with Crippen LogP contribution in [0.3, 0.4) is 0 Å². The molecule has 19 heavy (non-hydrogen) atoms. The van der Waals surface area contributed by atoms with Crippen molar-refractivity contribution < 1.29 is 8.42 Å². The molecule has 1 aromatic rings. The zero-order valence-corrected chi connectivity index (χ0v) is 12.4. The molecular weight excluding hydrogens is 282 g/mol. The molecule has 0 unspecified atom stereocenters. The Bertz CT molecular complexity index is 561. The van der Waals surface area contributed by atoms with Crippen LogP contribution in [0.4, 0.5) is 0 Å².